The normalized spacial score (nSPS) is 16.3. The maximum absolute atomic E-state index is 12.6. The lowest BCUT2D eigenvalue weighted by atomic mass is 9.91. The van der Waals surface area contributed by atoms with Gasteiger partial charge in [0, 0.05) is 9.26 Å². The number of methoxy groups -OCH3 is 1. The highest BCUT2D eigenvalue weighted by Crippen LogP contribution is 2.30. The maximum Gasteiger partial charge on any atom is 0.338 e. The summed E-state index contributed by atoms with van der Waals surface area (Å²) < 4.78 is 6.16. The number of esters is 1. The van der Waals surface area contributed by atoms with Crippen LogP contribution >= 0.6 is 22.6 Å². The number of aryl methyl sites for hydroxylation is 2. The molecule has 1 unspecified atom stereocenters. The van der Waals surface area contributed by atoms with Crippen LogP contribution in [0.3, 0.4) is 0 Å². The van der Waals surface area contributed by atoms with Crippen LogP contribution in [0.4, 0.5) is 10.5 Å². The number of anilines is 1. The summed E-state index contributed by atoms with van der Waals surface area (Å²) in [4.78, 5) is 24.9. The third-order valence-corrected chi connectivity index (χ3v) is 5.34. The van der Waals surface area contributed by atoms with Crippen molar-refractivity contribution in [2.75, 3.05) is 19.0 Å². The van der Waals surface area contributed by atoms with Crippen LogP contribution in [0.2, 0.25) is 0 Å². The Hall–Kier alpha value is -2.55. The first kappa shape index (κ1) is 20.2. The number of hydrogen-bond donors (Lipinski definition) is 3. The van der Waals surface area contributed by atoms with E-state index in [4.69, 9.17) is 4.74 Å². The molecule has 3 N–H and O–H groups in total. The quantitative estimate of drug-likeness (QED) is 0.439. The summed E-state index contributed by atoms with van der Waals surface area (Å²) in [5.41, 5.74) is 4.71. The van der Waals surface area contributed by atoms with Crippen LogP contribution in [0, 0.1) is 17.4 Å². The van der Waals surface area contributed by atoms with Crippen molar-refractivity contribution in [2.24, 2.45) is 0 Å². The van der Waals surface area contributed by atoms with Crippen molar-refractivity contribution >= 4 is 40.3 Å². The second-order valence-corrected chi connectivity index (χ2v) is 7.88. The van der Waals surface area contributed by atoms with Crippen molar-refractivity contribution in [3.05, 3.63) is 74.0 Å². The highest BCUT2D eigenvalue weighted by Gasteiger charge is 2.34. The Balaban J connectivity index is 2.00. The fourth-order valence-corrected chi connectivity index (χ4v) is 3.53. The Morgan fingerprint density at radius 1 is 1.18 bits per heavy atom. The summed E-state index contributed by atoms with van der Waals surface area (Å²) in [7, 11) is 1.34. The number of rotatable bonds is 5. The van der Waals surface area contributed by atoms with E-state index in [1.54, 1.807) is 0 Å². The van der Waals surface area contributed by atoms with Gasteiger partial charge in [-0.15, -0.1) is 0 Å². The molecule has 1 atom stereocenters. The molecule has 2 aromatic carbocycles. The van der Waals surface area contributed by atoms with Crippen LogP contribution in [0.15, 0.2) is 53.7 Å². The predicted molar refractivity (Wildman–Crippen MR) is 117 cm³/mol. The van der Waals surface area contributed by atoms with E-state index in [9.17, 15) is 9.59 Å². The second kappa shape index (κ2) is 8.64. The monoisotopic (exact) mass is 491 g/mol. The van der Waals surface area contributed by atoms with Gasteiger partial charge in [-0.05, 0) is 71.8 Å². The Morgan fingerprint density at radius 3 is 2.57 bits per heavy atom. The van der Waals surface area contributed by atoms with Crippen LogP contribution in [0.25, 0.3) is 0 Å². The van der Waals surface area contributed by atoms with Crippen LogP contribution in [0.1, 0.15) is 22.7 Å². The molecule has 0 radical (unpaired) electrons. The van der Waals surface area contributed by atoms with Gasteiger partial charge in [0.1, 0.15) is 0 Å². The molecule has 0 saturated carbocycles. The average molecular weight is 491 g/mol. The van der Waals surface area contributed by atoms with E-state index in [0.29, 0.717) is 17.8 Å². The third kappa shape index (κ3) is 4.46. The van der Waals surface area contributed by atoms with E-state index >= 15 is 0 Å². The number of urea groups is 1. The predicted octanol–water partition coefficient (Wildman–Crippen LogP) is 3.80. The van der Waals surface area contributed by atoms with Crippen molar-refractivity contribution in [3.63, 3.8) is 0 Å². The lowest BCUT2D eigenvalue weighted by molar-refractivity contribution is -0.136. The minimum absolute atomic E-state index is 0.291. The molecule has 0 spiro atoms. The molecular weight excluding hydrogens is 469 g/mol. The Bertz CT molecular complexity index is 938. The summed E-state index contributed by atoms with van der Waals surface area (Å²) >= 11 is 2.24. The van der Waals surface area contributed by atoms with E-state index < -0.39 is 12.0 Å². The number of carbonyl (C=O) groups excluding carboxylic acids is 2. The van der Waals surface area contributed by atoms with Crippen molar-refractivity contribution < 1.29 is 14.3 Å². The number of hydrogen-bond acceptors (Lipinski definition) is 4. The third-order valence-electron chi connectivity index (χ3n) is 4.62. The molecule has 1 aliphatic rings. The first-order valence-electron chi connectivity index (χ1n) is 8.84. The number of carbonyl (C=O) groups is 2. The minimum atomic E-state index is -0.574. The molecule has 0 bridgehead atoms. The van der Waals surface area contributed by atoms with Crippen LogP contribution in [0.5, 0.6) is 0 Å². The molecule has 6 nitrogen and oxygen atoms in total. The zero-order valence-electron chi connectivity index (χ0n) is 15.9. The van der Waals surface area contributed by atoms with Crippen LogP contribution in [-0.4, -0.2) is 25.7 Å². The second-order valence-electron chi connectivity index (χ2n) is 6.64. The summed E-state index contributed by atoms with van der Waals surface area (Å²) in [6.45, 7) is 4.23. The first-order chi connectivity index (χ1) is 13.4. The molecule has 3 rings (SSSR count). The van der Waals surface area contributed by atoms with Crippen molar-refractivity contribution in [2.45, 2.75) is 19.9 Å². The van der Waals surface area contributed by atoms with Crippen LogP contribution in [-0.2, 0) is 9.53 Å². The zero-order chi connectivity index (χ0) is 20.3. The highest BCUT2D eigenvalue weighted by molar-refractivity contribution is 14.1. The van der Waals surface area contributed by atoms with E-state index in [0.717, 1.165) is 25.9 Å². The molecule has 28 heavy (non-hydrogen) atoms. The van der Waals surface area contributed by atoms with E-state index in [1.165, 1.54) is 7.11 Å². The van der Waals surface area contributed by atoms with Gasteiger partial charge < -0.3 is 20.7 Å². The van der Waals surface area contributed by atoms with Gasteiger partial charge in [0.25, 0.3) is 0 Å². The fourth-order valence-electron chi connectivity index (χ4n) is 3.17. The number of halogens is 1. The number of amides is 2. The van der Waals surface area contributed by atoms with Crippen LogP contribution < -0.4 is 16.0 Å². The number of ether oxygens (including phenoxy) is 1. The summed E-state index contributed by atoms with van der Waals surface area (Å²) in [6.07, 6.45) is 0. The molecular formula is C21H22IN3O3. The van der Waals surface area contributed by atoms with Gasteiger partial charge in [-0.3, -0.25) is 0 Å². The van der Waals surface area contributed by atoms with Gasteiger partial charge in [0.15, 0.2) is 0 Å². The Labute approximate surface area is 177 Å². The van der Waals surface area contributed by atoms with Crippen molar-refractivity contribution in [3.8, 4) is 0 Å². The van der Waals surface area contributed by atoms with Gasteiger partial charge in [0.05, 0.1) is 31.0 Å². The van der Waals surface area contributed by atoms with Gasteiger partial charge in [0.2, 0.25) is 0 Å². The molecule has 1 aliphatic heterocycles. The van der Waals surface area contributed by atoms with Crippen molar-refractivity contribution in [1.82, 2.24) is 10.6 Å². The molecule has 7 heteroatoms. The number of benzene rings is 2. The van der Waals surface area contributed by atoms with E-state index in [2.05, 4.69) is 38.5 Å². The first-order valence-corrected chi connectivity index (χ1v) is 9.92. The lowest BCUT2D eigenvalue weighted by Crippen LogP contribution is -2.47. The van der Waals surface area contributed by atoms with Gasteiger partial charge >= 0.3 is 12.0 Å². The zero-order valence-corrected chi connectivity index (χ0v) is 18.1. The minimum Gasteiger partial charge on any atom is -0.466 e. The molecule has 0 aromatic heterocycles. The summed E-state index contributed by atoms with van der Waals surface area (Å²) in [5, 5.41) is 8.88. The fraction of sp³-hybridized carbons (Fsp3) is 0.238. The standard InChI is InChI=1S/C21H22IN3O3/c1-12-4-5-13(2)16(10-12)19-18(20(26)28-3)17(24-21(27)25-19)11-23-15-8-6-14(22)7-9-15/h4-10,19,23H,11H2,1-3H3,(H2,24,25,27). The summed E-state index contributed by atoms with van der Waals surface area (Å²) in [5.74, 6) is -0.474. The smallest absolute Gasteiger partial charge is 0.338 e. The Morgan fingerprint density at radius 2 is 1.89 bits per heavy atom. The summed E-state index contributed by atoms with van der Waals surface area (Å²) in [6, 6.07) is 12.9. The SMILES string of the molecule is COC(=O)C1=C(CNc2ccc(I)cc2)NC(=O)NC1c1cc(C)ccc1C. The molecule has 0 fully saturated rings. The lowest BCUT2D eigenvalue weighted by Gasteiger charge is -2.30. The highest BCUT2D eigenvalue weighted by atomic mass is 127. The Kier molecular flexibility index (Phi) is 6.23. The number of nitrogens with one attached hydrogen (secondary N) is 3. The topological polar surface area (TPSA) is 79.5 Å². The average Bonchev–Trinajstić information content (AvgIpc) is 2.68. The van der Waals surface area contributed by atoms with Crippen molar-refractivity contribution in [1.29, 1.82) is 0 Å². The molecule has 0 aliphatic carbocycles. The van der Waals surface area contributed by atoms with E-state index in [1.807, 2.05) is 56.3 Å². The van der Waals surface area contributed by atoms with Gasteiger partial charge in [-0.2, -0.15) is 0 Å². The molecule has 146 valence electrons. The van der Waals surface area contributed by atoms with Gasteiger partial charge in [-0.1, -0.05) is 23.8 Å². The van der Waals surface area contributed by atoms with E-state index in [-0.39, 0.29) is 6.03 Å². The maximum atomic E-state index is 12.6. The van der Waals surface area contributed by atoms with Gasteiger partial charge in [-0.25, -0.2) is 9.59 Å². The largest absolute Gasteiger partial charge is 0.466 e. The molecule has 2 amide bonds. The molecule has 1 heterocycles. The molecule has 0 saturated heterocycles. The molecule has 2 aromatic rings.